The van der Waals surface area contributed by atoms with E-state index in [1.165, 1.54) is 0 Å². The molecule has 0 aliphatic heterocycles. The Balaban J connectivity index is 0.00000200. The summed E-state index contributed by atoms with van der Waals surface area (Å²) in [5.41, 5.74) is 6.95. The highest BCUT2D eigenvalue weighted by Crippen LogP contribution is 2.19. The van der Waals surface area contributed by atoms with Crippen molar-refractivity contribution in [3.8, 4) is 11.4 Å². The first-order valence-electron chi connectivity index (χ1n) is 6.03. The molecule has 0 spiro atoms. The molecule has 0 bridgehead atoms. The molecule has 0 fully saturated rings. The average Bonchev–Trinajstić information content (AvgIpc) is 2.83. The van der Waals surface area contributed by atoms with Crippen molar-refractivity contribution >= 4 is 24.0 Å². The predicted molar refractivity (Wildman–Crippen MR) is 78.4 cm³/mol. The van der Waals surface area contributed by atoms with Crippen LogP contribution >= 0.6 is 12.4 Å². The number of halogens is 1. The largest absolute Gasteiger partial charge is 0.330 e. The Morgan fingerprint density at radius 2 is 2.25 bits per heavy atom. The number of benzene rings is 1. The Bertz CT molecular complexity index is 571. The predicted octanol–water partition coefficient (Wildman–Crippen LogP) is 0.976. The van der Waals surface area contributed by atoms with Gasteiger partial charge in [-0.15, -0.1) is 17.5 Å². The zero-order valence-corrected chi connectivity index (χ0v) is 11.9. The van der Waals surface area contributed by atoms with Gasteiger partial charge < -0.3 is 11.1 Å². The first kappa shape index (κ1) is 16.1. The van der Waals surface area contributed by atoms with E-state index in [1.54, 1.807) is 11.7 Å². The molecular formula is C12H17ClN6O. The number of rotatable bonds is 5. The lowest BCUT2D eigenvalue weighted by Gasteiger charge is -2.06. The number of aromatic nitrogens is 4. The molecule has 0 radical (unpaired) electrons. The second-order valence-corrected chi connectivity index (χ2v) is 4.15. The molecular weight excluding hydrogens is 280 g/mol. The number of tetrazole rings is 1. The second-order valence-electron chi connectivity index (χ2n) is 4.15. The van der Waals surface area contributed by atoms with E-state index < -0.39 is 0 Å². The molecule has 8 heteroatoms. The van der Waals surface area contributed by atoms with Crippen LogP contribution in [0.2, 0.25) is 0 Å². The molecule has 3 N–H and O–H groups in total. The average molecular weight is 297 g/mol. The quantitative estimate of drug-likeness (QED) is 0.857. The molecule has 0 unspecified atom stereocenters. The zero-order chi connectivity index (χ0) is 13.7. The van der Waals surface area contributed by atoms with E-state index in [0.29, 0.717) is 25.2 Å². The van der Waals surface area contributed by atoms with Crippen LogP contribution in [0.4, 0.5) is 5.69 Å². The van der Waals surface area contributed by atoms with Crippen LogP contribution in [0.25, 0.3) is 11.4 Å². The SMILES string of the molecule is Cl.Cn1nnnc1-c1cccc(NC(=O)CCCN)c1. The van der Waals surface area contributed by atoms with Gasteiger partial charge in [-0.25, -0.2) is 4.68 Å². The molecule has 0 aliphatic carbocycles. The first-order valence-corrected chi connectivity index (χ1v) is 6.03. The number of hydrogen-bond donors (Lipinski definition) is 2. The monoisotopic (exact) mass is 296 g/mol. The molecule has 1 aromatic carbocycles. The van der Waals surface area contributed by atoms with Crippen LogP contribution in [0.15, 0.2) is 24.3 Å². The summed E-state index contributed by atoms with van der Waals surface area (Å²) in [5, 5.41) is 14.1. The molecule has 7 nitrogen and oxygen atoms in total. The summed E-state index contributed by atoms with van der Waals surface area (Å²) < 4.78 is 1.58. The number of carbonyl (C=O) groups excluding carboxylic acids is 1. The summed E-state index contributed by atoms with van der Waals surface area (Å²) >= 11 is 0. The van der Waals surface area contributed by atoms with Gasteiger partial charge in [0.2, 0.25) is 5.91 Å². The number of aryl methyl sites for hydroxylation is 1. The second kappa shape index (κ2) is 7.56. The molecule has 1 heterocycles. The fourth-order valence-electron chi connectivity index (χ4n) is 1.70. The molecule has 1 amide bonds. The van der Waals surface area contributed by atoms with Crippen molar-refractivity contribution < 1.29 is 4.79 Å². The fraction of sp³-hybridized carbons (Fsp3) is 0.333. The fourth-order valence-corrected chi connectivity index (χ4v) is 1.70. The smallest absolute Gasteiger partial charge is 0.224 e. The highest BCUT2D eigenvalue weighted by molar-refractivity contribution is 5.91. The van der Waals surface area contributed by atoms with Gasteiger partial charge in [0.1, 0.15) is 0 Å². The number of amides is 1. The Morgan fingerprint density at radius 1 is 1.45 bits per heavy atom. The minimum absolute atomic E-state index is 0. The third-order valence-electron chi connectivity index (χ3n) is 2.63. The third-order valence-corrected chi connectivity index (χ3v) is 2.63. The lowest BCUT2D eigenvalue weighted by molar-refractivity contribution is -0.116. The van der Waals surface area contributed by atoms with Crippen LogP contribution in [0.5, 0.6) is 0 Å². The minimum Gasteiger partial charge on any atom is -0.330 e. The highest BCUT2D eigenvalue weighted by atomic mass is 35.5. The van der Waals surface area contributed by atoms with Gasteiger partial charge in [0.25, 0.3) is 0 Å². The Morgan fingerprint density at radius 3 is 2.90 bits per heavy atom. The number of nitrogens with one attached hydrogen (secondary N) is 1. The maximum absolute atomic E-state index is 11.6. The van der Waals surface area contributed by atoms with Gasteiger partial charge in [-0.3, -0.25) is 4.79 Å². The first-order chi connectivity index (χ1) is 9.20. The zero-order valence-electron chi connectivity index (χ0n) is 11.1. The van der Waals surface area contributed by atoms with E-state index in [1.807, 2.05) is 24.3 Å². The molecule has 1 aromatic heterocycles. The molecule has 0 saturated heterocycles. The van der Waals surface area contributed by atoms with Gasteiger partial charge in [-0.1, -0.05) is 12.1 Å². The summed E-state index contributed by atoms with van der Waals surface area (Å²) in [6, 6.07) is 7.41. The van der Waals surface area contributed by atoms with Gasteiger partial charge in [-0.05, 0) is 35.5 Å². The highest BCUT2D eigenvalue weighted by Gasteiger charge is 2.07. The van der Waals surface area contributed by atoms with Crippen molar-refractivity contribution in [1.29, 1.82) is 0 Å². The third kappa shape index (κ3) is 4.01. The summed E-state index contributed by atoms with van der Waals surface area (Å²) in [5.74, 6) is 0.608. The molecule has 0 aliphatic rings. The van der Waals surface area contributed by atoms with Crippen LogP contribution in [0.3, 0.4) is 0 Å². The van der Waals surface area contributed by atoms with Crippen LogP contribution in [-0.2, 0) is 11.8 Å². The summed E-state index contributed by atoms with van der Waals surface area (Å²) in [6.07, 6.45) is 1.10. The topological polar surface area (TPSA) is 98.7 Å². The number of nitrogens with two attached hydrogens (primary N) is 1. The van der Waals surface area contributed by atoms with E-state index >= 15 is 0 Å². The number of hydrogen-bond acceptors (Lipinski definition) is 5. The van der Waals surface area contributed by atoms with Crippen molar-refractivity contribution in [3.05, 3.63) is 24.3 Å². The molecule has 20 heavy (non-hydrogen) atoms. The van der Waals surface area contributed by atoms with Crippen LogP contribution < -0.4 is 11.1 Å². The molecule has 0 saturated carbocycles. The van der Waals surface area contributed by atoms with Crippen molar-refractivity contribution in [2.45, 2.75) is 12.8 Å². The lowest BCUT2D eigenvalue weighted by Crippen LogP contribution is -2.13. The summed E-state index contributed by atoms with van der Waals surface area (Å²) in [4.78, 5) is 11.6. The Labute approximate surface area is 123 Å². The van der Waals surface area contributed by atoms with E-state index in [0.717, 1.165) is 11.3 Å². The lowest BCUT2D eigenvalue weighted by atomic mass is 10.2. The van der Waals surface area contributed by atoms with Crippen LogP contribution in [-0.4, -0.2) is 32.7 Å². The van der Waals surface area contributed by atoms with Crippen LogP contribution in [0.1, 0.15) is 12.8 Å². The van der Waals surface area contributed by atoms with E-state index in [4.69, 9.17) is 5.73 Å². The van der Waals surface area contributed by atoms with Crippen molar-refractivity contribution in [2.24, 2.45) is 12.8 Å². The molecule has 2 aromatic rings. The van der Waals surface area contributed by atoms with Gasteiger partial charge >= 0.3 is 0 Å². The Kier molecular flexibility index (Phi) is 6.08. The van der Waals surface area contributed by atoms with Crippen molar-refractivity contribution in [2.75, 3.05) is 11.9 Å². The summed E-state index contributed by atoms with van der Waals surface area (Å²) in [6.45, 7) is 0.512. The standard InChI is InChI=1S/C12H16N6O.ClH/c1-18-12(15-16-17-18)9-4-2-5-10(8-9)14-11(19)6-3-7-13;/h2,4-5,8H,3,6-7,13H2,1H3,(H,14,19);1H. The van der Waals surface area contributed by atoms with E-state index in [2.05, 4.69) is 20.8 Å². The molecule has 108 valence electrons. The summed E-state index contributed by atoms with van der Waals surface area (Å²) in [7, 11) is 1.77. The van der Waals surface area contributed by atoms with Crippen molar-refractivity contribution in [1.82, 2.24) is 20.2 Å². The maximum atomic E-state index is 11.6. The maximum Gasteiger partial charge on any atom is 0.224 e. The van der Waals surface area contributed by atoms with Crippen LogP contribution in [0, 0.1) is 0 Å². The number of carbonyl (C=O) groups is 1. The van der Waals surface area contributed by atoms with Gasteiger partial charge in [0, 0.05) is 24.7 Å². The van der Waals surface area contributed by atoms with E-state index in [-0.39, 0.29) is 18.3 Å². The van der Waals surface area contributed by atoms with E-state index in [9.17, 15) is 4.79 Å². The number of nitrogens with zero attached hydrogens (tertiary/aromatic N) is 4. The molecule has 0 atom stereocenters. The normalized spacial score (nSPS) is 9.90. The minimum atomic E-state index is -0.0429. The number of anilines is 1. The Hall–Kier alpha value is -1.99. The van der Waals surface area contributed by atoms with Crippen molar-refractivity contribution in [3.63, 3.8) is 0 Å². The van der Waals surface area contributed by atoms with Gasteiger partial charge in [0.15, 0.2) is 5.82 Å². The van der Waals surface area contributed by atoms with Gasteiger partial charge in [-0.2, -0.15) is 0 Å². The molecule has 2 rings (SSSR count). The van der Waals surface area contributed by atoms with Gasteiger partial charge in [0.05, 0.1) is 0 Å².